The van der Waals surface area contributed by atoms with E-state index in [-0.39, 0.29) is 5.56 Å². The Morgan fingerprint density at radius 2 is 1.77 bits per heavy atom. The molecule has 0 fully saturated rings. The van der Waals surface area contributed by atoms with E-state index in [1.54, 1.807) is 7.11 Å². The van der Waals surface area contributed by atoms with E-state index in [9.17, 15) is 4.79 Å². The first-order valence-electron chi connectivity index (χ1n) is 7.89. The van der Waals surface area contributed by atoms with Crippen molar-refractivity contribution >= 4 is 28.4 Å². The number of ether oxygens (including phenoxy) is 1. The average molecular weight is 362 g/mol. The van der Waals surface area contributed by atoms with Crippen LogP contribution in [-0.2, 0) is 0 Å². The molecule has 0 bridgehead atoms. The topological polar surface area (TPSA) is 69.4 Å². The SMILES string of the molecule is COc1ccc(/C=C/c2nn3c(=O)c(-c4ccccc4)nnc3s2)cc1. The van der Waals surface area contributed by atoms with Crippen molar-refractivity contribution in [1.29, 1.82) is 0 Å². The van der Waals surface area contributed by atoms with Crippen LogP contribution in [0.1, 0.15) is 10.6 Å². The summed E-state index contributed by atoms with van der Waals surface area (Å²) in [5, 5.41) is 13.2. The Labute approximate surface area is 153 Å². The van der Waals surface area contributed by atoms with Crippen molar-refractivity contribution in [3.8, 4) is 17.0 Å². The van der Waals surface area contributed by atoms with Crippen molar-refractivity contribution in [2.45, 2.75) is 0 Å². The maximum atomic E-state index is 12.7. The lowest BCUT2D eigenvalue weighted by Gasteiger charge is -1.98. The Morgan fingerprint density at radius 1 is 1.00 bits per heavy atom. The van der Waals surface area contributed by atoms with Crippen LogP contribution in [0.2, 0.25) is 0 Å². The van der Waals surface area contributed by atoms with Gasteiger partial charge < -0.3 is 4.74 Å². The van der Waals surface area contributed by atoms with E-state index >= 15 is 0 Å². The molecule has 2 aromatic heterocycles. The molecule has 7 heteroatoms. The van der Waals surface area contributed by atoms with Crippen molar-refractivity contribution in [1.82, 2.24) is 19.8 Å². The summed E-state index contributed by atoms with van der Waals surface area (Å²) in [5.41, 5.74) is 1.75. The molecule has 2 aromatic carbocycles. The molecule has 0 aliphatic rings. The summed E-state index contributed by atoms with van der Waals surface area (Å²) in [5.74, 6) is 0.803. The first-order chi connectivity index (χ1) is 12.7. The molecule has 0 saturated carbocycles. The molecule has 26 heavy (non-hydrogen) atoms. The van der Waals surface area contributed by atoms with Gasteiger partial charge in [0.25, 0.3) is 0 Å². The van der Waals surface area contributed by atoms with Crippen LogP contribution in [0.5, 0.6) is 5.75 Å². The minimum atomic E-state index is -0.276. The van der Waals surface area contributed by atoms with Crippen molar-refractivity contribution in [3.05, 3.63) is 75.5 Å². The number of rotatable bonds is 4. The number of nitrogens with zero attached hydrogens (tertiary/aromatic N) is 4. The zero-order valence-corrected chi connectivity index (χ0v) is 14.7. The third-order valence-electron chi connectivity index (χ3n) is 3.79. The third kappa shape index (κ3) is 3.12. The molecule has 2 heterocycles. The zero-order chi connectivity index (χ0) is 17.9. The van der Waals surface area contributed by atoms with Gasteiger partial charge in [-0.2, -0.15) is 9.61 Å². The van der Waals surface area contributed by atoms with Gasteiger partial charge >= 0.3 is 5.56 Å². The standard InChI is InChI=1S/C19H14N4O2S/c1-25-15-10-7-13(8-11-15)9-12-16-22-23-18(24)17(20-21-19(23)26-16)14-5-3-2-4-6-14/h2-12H,1H3/b12-9+. The van der Waals surface area contributed by atoms with Crippen LogP contribution in [-0.4, -0.2) is 26.9 Å². The molecule has 0 aliphatic heterocycles. The lowest BCUT2D eigenvalue weighted by molar-refractivity contribution is 0.415. The maximum Gasteiger partial charge on any atom is 0.302 e. The van der Waals surface area contributed by atoms with Gasteiger partial charge in [-0.1, -0.05) is 59.9 Å². The predicted molar refractivity (Wildman–Crippen MR) is 102 cm³/mol. The van der Waals surface area contributed by atoms with Gasteiger partial charge in [0, 0.05) is 5.56 Å². The Balaban J connectivity index is 1.68. The van der Waals surface area contributed by atoms with E-state index in [1.807, 2.05) is 66.7 Å². The van der Waals surface area contributed by atoms with Gasteiger partial charge in [-0.15, -0.1) is 10.2 Å². The molecule has 6 nitrogen and oxygen atoms in total. The first kappa shape index (κ1) is 16.2. The van der Waals surface area contributed by atoms with Gasteiger partial charge in [0.05, 0.1) is 7.11 Å². The van der Waals surface area contributed by atoms with Gasteiger partial charge in [0.15, 0.2) is 5.69 Å². The maximum absolute atomic E-state index is 12.7. The summed E-state index contributed by atoms with van der Waals surface area (Å²) in [6.07, 6.45) is 3.77. The molecular weight excluding hydrogens is 348 g/mol. The first-order valence-corrected chi connectivity index (χ1v) is 8.70. The molecule has 0 aliphatic carbocycles. The number of fused-ring (bicyclic) bond motifs is 1. The Bertz CT molecular complexity index is 1130. The Kier molecular flexibility index (Phi) is 4.28. The van der Waals surface area contributed by atoms with Crippen LogP contribution in [0.3, 0.4) is 0 Å². The largest absolute Gasteiger partial charge is 0.497 e. The van der Waals surface area contributed by atoms with E-state index in [2.05, 4.69) is 15.3 Å². The van der Waals surface area contributed by atoms with Crippen LogP contribution in [0.15, 0.2) is 59.4 Å². The fourth-order valence-corrected chi connectivity index (χ4v) is 3.19. The number of aromatic nitrogens is 4. The third-order valence-corrected chi connectivity index (χ3v) is 4.65. The highest BCUT2D eigenvalue weighted by Crippen LogP contribution is 2.18. The molecule has 4 rings (SSSR count). The lowest BCUT2D eigenvalue weighted by Crippen LogP contribution is -2.19. The number of hydrogen-bond acceptors (Lipinski definition) is 6. The van der Waals surface area contributed by atoms with Gasteiger partial charge in [0.1, 0.15) is 10.8 Å². The summed E-state index contributed by atoms with van der Waals surface area (Å²) < 4.78 is 6.44. The Morgan fingerprint density at radius 3 is 2.50 bits per heavy atom. The van der Waals surface area contributed by atoms with E-state index in [0.29, 0.717) is 15.7 Å². The van der Waals surface area contributed by atoms with Gasteiger partial charge in [-0.05, 0) is 23.8 Å². The van der Waals surface area contributed by atoms with Crippen LogP contribution in [0.4, 0.5) is 0 Å². The molecule has 0 atom stereocenters. The van der Waals surface area contributed by atoms with Gasteiger partial charge in [-0.25, -0.2) is 0 Å². The molecule has 128 valence electrons. The van der Waals surface area contributed by atoms with Crippen LogP contribution >= 0.6 is 11.3 Å². The van der Waals surface area contributed by atoms with E-state index in [4.69, 9.17) is 4.74 Å². The second-order valence-corrected chi connectivity index (χ2v) is 6.45. The highest BCUT2D eigenvalue weighted by Gasteiger charge is 2.12. The molecule has 0 radical (unpaired) electrons. The van der Waals surface area contributed by atoms with Crippen molar-refractivity contribution in [3.63, 3.8) is 0 Å². The summed E-state index contributed by atoms with van der Waals surface area (Å²) in [7, 11) is 1.63. The van der Waals surface area contributed by atoms with E-state index < -0.39 is 0 Å². The lowest BCUT2D eigenvalue weighted by atomic mass is 10.2. The summed E-state index contributed by atoms with van der Waals surface area (Å²) in [6, 6.07) is 16.9. The number of benzene rings is 2. The van der Waals surface area contributed by atoms with Crippen molar-refractivity contribution < 1.29 is 4.74 Å². The monoisotopic (exact) mass is 362 g/mol. The summed E-state index contributed by atoms with van der Waals surface area (Å²) in [6.45, 7) is 0. The number of methoxy groups -OCH3 is 1. The fourth-order valence-electron chi connectivity index (χ4n) is 2.46. The van der Waals surface area contributed by atoms with Crippen LogP contribution in [0.25, 0.3) is 28.4 Å². The smallest absolute Gasteiger partial charge is 0.302 e. The minimum absolute atomic E-state index is 0.276. The Hall–Kier alpha value is -3.32. The normalized spacial score (nSPS) is 11.3. The second-order valence-electron chi connectivity index (χ2n) is 5.46. The van der Waals surface area contributed by atoms with Gasteiger partial charge in [0.2, 0.25) is 4.96 Å². The molecule has 0 amide bonds. The molecule has 4 aromatic rings. The average Bonchev–Trinajstić information content (AvgIpc) is 3.12. The van der Waals surface area contributed by atoms with E-state index in [0.717, 1.165) is 16.9 Å². The summed E-state index contributed by atoms with van der Waals surface area (Å²) >= 11 is 1.31. The predicted octanol–water partition coefficient (Wildman–Crippen LogP) is 3.39. The fraction of sp³-hybridized carbons (Fsp3) is 0.0526. The quantitative estimate of drug-likeness (QED) is 0.557. The minimum Gasteiger partial charge on any atom is -0.497 e. The van der Waals surface area contributed by atoms with E-state index in [1.165, 1.54) is 15.9 Å². The zero-order valence-electron chi connectivity index (χ0n) is 13.9. The van der Waals surface area contributed by atoms with Crippen LogP contribution < -0.4 is 10.3 Å². The highest BCUT2D eigenvalue weighted by molar-refractivity contribution is 7.17. The molecular formula is C19H14N4O2S. The van der Waals surface area contributed by atoms with Crippen LogP contribution in [0, 0.1) is 0 Å². The second kappa shape index (κ2) is 6.89. The molecule has 0 unspecified atom stereocenters. The van der Waals surface area contributed by atoms with Crippen molar-refractivity contribution in [2.75, 3.05) is 7.11 Å². The molecule has 0 saturated heterocycles. The molecule has 0 spiro atoms. The number of hydrogen-bond donors (Lipinski definition) is 0. The van der Waals surface area contributed by atoms with Crippen molar-refractivity contribution in [2.24, 2.45) is 0 Å². The summed E-state index contributed by atoms with van der Waals surface area (Å²) in [4.78, 5) is 13.1. The van der Waals surface area contributed by atoms with Gasteiger partial charge in [-0.3, -0.25) is 4.79 Å². The highest BCUT2D eigenvalue weighted by atomic mass is 32.1. The molecule has 0 N–H and O–H groups in total.